The van der Waals surface area contributed by atoms with Crippen molar-refractivity contribution < 1.29 is 4.79 Å². The van der Waals surface area contributed by atoms with Gasteiger partial charge >= 0.3 is 0 Å². The van der Waals surface area contributed by atoms with Crippen LogP contribution in [0.25, 0.3) is 10.2 Å². The van der Waals surface area contributed by atoms with Crippen LogP contribution >= 0.6 is 27.3 Å². The van der Waals surface area contributed by atoms with Crippen molar-refractivity contribution in [2.75, 3.05) is 5.32 Å². The summed E-state index contributed by atoms with van der Waals surface area (Å²) in [5.41, 5.74) is 1.70. The number of aryl methyl sites for hydroxylation is 1. The Hall–Kier alpha value is -1.99. The minimum absolute atomic E-state index is 0.0515. The molecule has 0 saturated heterocycles. The summed E-state index contributed by atoms with van der Waals surface area (Å²) in [5.74, 6) is 0.394. The highest BCUT2D eigenvalue weighted by molar-refractivity contribution is 9.10. The van der Waals surface area contributed by atoms with Gasteiger partial charge in [0.25, 0.3) is 5.56 Å². The maximum atomic E-state index is 12.9. The Morgan fingerprint density at radius 2 is 2.23 bits per heavy atom. The summed E-state index contributed by atoms with van der Waals surface area (Å²) in [5, 5.41) is 3.53. The summed E-state index contributed by atoms with van der Waals surface area (Å²) < 4.78 is 2.20. The van der Waals surface area contributed by atoms with Crippen molar-refractivity contribution in [1.29, 1.82) is 0 Å². The molecular weight excluding hydrogens is 414 g/mol. The monoisotopic (exact) mass is 431 g/mol. The van der Waals surface area contributed by atoms with Crippen molar-refractivity contribution in [3.05, 3.63) is 55.9 Å². The van der Waals surface area contributed by atoms with E-state index in [1.54, 1.807) is 11.3 Å². The van der Waals surface area contributed by atoms with Gasteiger partial charge in [-0.15, -0.1) is 11.3 Å². The zero-order valence-electron chi connectivity index (χ0n) is 14.3. The third-order valence-electron chi connectivity index (χ3n) is 4.74. The highest BCUT2D eigenvalue weighted by atomic mass is 79.9. The van der Waals surface area contributed by atoms with Crippen molar-refractivity contribution in [3.8, 4) is 0 Å². The van der Waals surface area contributed by atoms with Crippen LogP contribution in [0.4, 0.5) is 5.69 Å². The van der Waals surface area contributed by atoms with Gasteiger partial charge in [0, 0.05) is 9.35 Å². The van der Waals surface area contributed by atoms with Crippen LogP contribution in [0.15, 0.2) is 39.9 Å². The van der Waals surface area contributed by atoms with Gasteiger partial charge in [-0.3, -0.25) is 14.2 Å². The second kappa shape index (κ2) is 6.96. The summed E-state index contributed by atoms with van der Waals surface area (Å²) in [7, 11) is 0. The van der Waals surface area contributed by atoms with E-state index in [-0.39, 0.29) is 18.0 Å². The number of fused-ring (bicyclic) bond motifs is 3. The number of nitrogens with one attached hydrogen (secondary N) is 1. The number of amides is 1. The molecule has 0 radical (unpaired) electrons. The van der Waals surface area contributed by atoms with Gasteiger partial charge in [-0.1, -0.05) is 19.1 Å². The molecule has 0 aliphatic heterocycles. The molecular formula is C19H18BrN3O2S. The number of halogens is 1. The summed E-state index contributed by atoms with van der Waals surface area (Å²) >= 11 is 5.02. The number of rotatable bonds is 3. The van der Waals surface area contributed by atoms with Crippen LogP contribution in [-0.4, -0.2) is 15.5 Å². The quantitative estimate of drug-likeness (QED) is 0.681. The van der Waals surface area contributed by atoms with Crippen molar-refractivity contribution in [2.24, 2.45) is 5.92 Å². The highest BCUT2D eigenvalue weighted by Gasteiger charge is 2.23. The topological polar surface area (TPSA) is 64.0 Å². The van der Waals surface area contributed by atoms with Crippen LogP contribution in [0, 0.1) is 5.92 Å². The molecule has 1 N–H and O–H groups in total. The lowest BCUT2D eigenvalue weighted by molar-refractivity contribution is -0.116. The average molecular weight is 432 g/mol. The lowest BCUT2D eigenvalue weighted by atomic mass is 9.89. The molecule has 1 unspecified atom stereocenters. The first-order valence-electron chi connectivity index (χ1n) is 8.57. The van der Waals surface area contributed by atoms with Gasteiger partial charge in [-0.2, -0.15) is 0 Å². The van der Waals surface area contributed by atoms with Gasteiger partial charge in [0.2, 0.25) is 5.91 Å². The van der Waals surface area contributed by atoms with Crippen LogP contribution in [0.1, 0.15) is 23.8 Å². The zero-order valence-corrected chi connectivity index (χ0v) is 16.7. The largest absolute Gasteiger partial charge is 0.324 e. The third kappa shape index (κ3) is 3.21. The van der Waals surface area contributed by atoms with Gasteiger partial charge < -0.3 is 5.32 Å². The van der Waals surface area contributed by atoms with Crippen molar-refractivity contribution >= 4 is 49.1 Å². The molecule has 4 rings (SSSR count). The Kier molecular flexibility index (Phi) is 4.67. The number of aromatic nitrogens is 2. The van der Waals surface area contributed by atoms with Crippen molar-refractivity contribution in [2.45, 2.75) is 32.7 Å². The van der Waals surface area contributed by atoms with Crippen LogP contribution in [0.3, 0.4) is 0 Å². The first kappa shape index (κ1) is 17.4. The summed E-state index contributed by atoms with van der Waals surface area (Å²) in [6.07, 6.45) is 4.50. The molecule has 0 bridgehead atoms. The van der Waals surface area contributed by atoms with E-state index in [1.807, 2.05) is 24.3 Å². The molecule has 0 fully saturated rings. The Morgan fingerprint density at radius 1 is 1.42 bits per heavy atom. The lowest BCUT2D eigenvalue weighted by Gasteiger charge is -2.17. The fourth-order valence-corrected chi connectivity index (χ4v) is 5.11. The maximum absolute atomic E-state index is 12.9. The highest BCUT2D eigenvalue weighted by Crippen LogP contribution is 2.35. The third-order valence-corrected chi connectivity index (χ3v) is 6.60. The SMILES string of the molecule is CC1CCc2c(sc3ncn(CC(=O)Nc4ccccc4Br)c(=O)c23)C1. The van der Waals surface area contributed by atoms with E-state index in [1.165, 1.54) is 15.8 Å². The van der Waals surface area contributed by atoms with Crippen LogP contribution in [0.2, 0.25) is 0 Å². The molecule has 134 valence electrons. The number of anilines is 1. The number of hydrogen-bond donors (Lipinski definition) is 1. The molecule has 26 heavy (non-hydrogen) atoms. The average Bonchev–Trinajstić information content (AvgIpc) is 2.97. The van der Waals surface area contributed by atoms with Gasteiger partial charge in [0.05, 0.1) is 17.4 Å². The van der Waals surface area contributed by atoms with E-state index in [0.29, 0.717) is 17.0 Å². The van der Waals surface area contributed by atoms with Crippen LogP contribution in [0.5, 0.6) is 0 Å². The minimum atomic E-state index is -0.252. The Labute approximate surface area is 163 Å². The van der Waals surface area contributed by atoms with E-state index >= 15 is 0 Å². The van der Waals surface area contributed by atoms with Crippen LogP contribution < -0.4 is 10.9 Å². The second-order valence-corrected chi connectivity index (χ2v) is 8.68. The zero-order chi connectivity index (χ0) is 18.3. The molecule has 0 spiro atoms. The minimum Gasteiger partial charge on any atom is -0.324 e. The number of benzene rings is 1. The number of thiophene rings is 1. The first-order valence-corrected chi connectivity index (χ1v) is 10.2. The maximum Gasteiger partial charge on any atom is 0.262 e. The lowest BCUT2D eigenvalue weighted by Crippen LogP contribution is -2.28. The molecule has 7 heteroatoms. The molecule has 2 aromatic heterocycles. The number of carbonyl (C=O) groups excluding carboxylic acids is 1. The molecule has 1 amide bonds. The van der Waals surface area contributed by atoms with E-state index in [2.05, 4.69) is 33.2 Å². The molecule has 3 aromatic rings. The molecule has 5 nitrogen and oxygen atoms in total. The molecule has 1 aliphatic carbocycles. The number of nitrogens with zero attached hydrogens (tertiary/aromatic N) is 2. The smallest absolute Gasteiger partial charge is 0.262 e. The Bertz CT molecular complexity index is 1060. The van der Waals surface area contributed by atoms with Crippen molar-refractivity contribution in [3.63, 3.8) is 0 Å². The molecule has 1 atom stereocenters. The standard InChI is InChI=1S/C19H18BrN3O2S/c1-11-6-7-12-15(8-11)26-18-17(12)19(25)23(10-21-18)9-16(24)22-14-5-3-2-4-13(14)20/h2-5,10-11H,6-9H2,1H3,(H,22,24). The number of para-hydroxylation sites is 1. The van der Waals surface area contributed by atoms with E-state index < -0.39 is 0 Å². The van der Waals surface area contributed by atoms with E-state index in [4.69, 9.17) is 0 Å². The second-order valence-electron chi connectivity index (χ2n) is 6.74. The van der Waals surface area contributed by atoms with Gasteiger partial charge in [-0.25, -0.2) is 4.98 Å². The summed E-state index contributed by atoms with van der Waals surface area (Å²) in [6.45, 7) is 2.19. The predicted molar refractivity (Wildman–Crippen MR) is 108 cm³/mol. The van der Waals surface area contributed by atoms with Gasteiger partial charge in [0.15, 0.2) is 0 Å². The molecule has 1 aromatic carbocycles. The Balaban J connectivity index is 1.63. The predicted octanol–water partition coefficient (Wildman–Crippen LogP) is 3.98. The van der Waals surface area contributed by atoms with E-state index in [0.717, 1.165) is 34.1 Å². The van der Waals surface area contributed by atoms with Crippen molar-refractivity contribution in [1.82, 2.24) is 9.55 Å². The van der Waals surface area contributed by atoms with Gasteiger partial charge in [0.1, 0.15) is 11.4 Å². The van der Waals surface area contributed by atoms with E-state index in [9.17, 15) is 9.59 Å². The summed E-state index contributed by atoms with van der Waals surface area (Å²) in [6, 6.07) is 7.39. The molecule has 1 aliphatic rings. The molecule has 0 saturated carbocycles. The number of carbonyl (C=O) groups is 1. The first-order chi connectivity index (χ1) is 12.5. The summed E-state index contributed by atoms with van der Waals surface area (Å²) in [4.78, 5) is 31.8. The van der Waals surface area contributed by atoms with Crippen LogP contribution in [-0.2, 0) is 24.2 Å². The number of hydrogen-bond acceptors (Lipinski definition) is 4. The Morgan fingerprint density at radius 3 is 3.04 bits per heavy atom. The fraction of sp³-hybridized carbons (Fsp3) is 0.316. The molecule has 2 heterocycles. The fourth-order valence-electron chi connectivity index (χ4n) is 3.39. The van der Waals surface area contributed by atoms with Gasteiger partial charge in [-0.05, 0) is 58.8 Å². The normalized spacial score (nSPS) is 16.5.